The fraction of sp³-hybridized carbons (Fsp3) is 0.625. The molecule has 0 bridgehead atoms. The van der Waals surface area contributed by atoms with Crippen LogP contribution in [0.25, 0.3) is 5.57 Å². The predicted molar refractivity (Wildman–Crippen MR) is 158 cm³/mol. The normalized spacial score (nSPS) is 20.5. The highest BCUT2D eigenvalue weighted by Crippen LogP contribution is 2.51. The summed E-state index contributed by atoms with van der Waals surface area (Å²) in [5, 5.41) is 11.9. The number of fused-ring (bicyclic) bond motifs is 1. The minimum Gasteiger partial charge on any atom is -0.410 e. The molecule has 0 aromatic carbocycles. The third kappa shape index (κ3) is 6.63. The van der Waals surface area contributed by atoms with E-state index in [9.17, 15) is 18.3 Å². The second kappa shape index (κ2) is 11.2. The lowest BCUT2D eigenvalue weighted by Crippen LogP contribution is -2.44. The van der Waals surface area contributed by atoms with Crippen LogP contribution in [-0.4, -0.2) is 36.6 Å². The topological polar surface area (TPSA) is 64.5 Å². The van der Waals surface area contributed by atoms with Crippen molar-refractivity contribution in [1.29, 1.82) is 0 Å². The predicted octanol–water partition coefficient (Wildman–Crippen LogP) is 8.54. The van der Waals surface area contributed by atoms with Crippen LogP contribution in [0.1, 0.15) is 119 Å². The van der Waals surface area contributed by atoms with Crippen molar-refractivity contribution >= 4 is 13.9 Å². The van der Waals surface area contributed by atoms with E-state index in [4.69, 9.17) is 14.1 Å². The van der Waals surface area contributed by atoms with E-state index in [2.05, 4.69) is 58.8 Å². The van der Waals surface area contributed by atoms with Crippen LogP contribution < -0.4 is 0 Å². The van der Waals surface area contributed by atoms with Gasteiger partial charge in [-0.1, -0.05) is 60.6 Å². The van der Waals surface area contributed by atoms with Crippen molar-refractivity contribution in [2.24, 2.45) is 5.41 Å². The van der Waals surface area contributed by atoms with Crippen LogP contribution in [0, 0.1) is 5.41 Å². The van der Waals surface area contributed by atoms with Crippen molar-refractivity contribution in [2.45, 2.75) is 110 Å². The summed E-state index contributed by atoms with van der Waals surface area (Å²) < 4.78 is 52.6. The van der Waals surface area contributed by atoms with Crippen molar-refractivity contribution in [3.8, 4) is 0 Å². The Labute approximate surface area is 243 Å². The number of rotatable bonds is 6. The SMILES string of the molecule is CC(C)c1nc2c(c(C3=CCOCC3)c1C(O)c1ccc(C(F)(F)F)nc1)[C@@H](O[Si](C)(C)C(C)(C)C)CC(C)(C)C2. The third-order valence-electron chi connectivity index (χ3n) is 8.83. The molecule has 4 rings (SSSR count). The van der Waals surface area contributed by atoms with Gasteiger partial charge in [0.15, 0.2) is 8.32 Å². The Balaban J connectivity index is 2.01. The first kappa shape index (κ1) is 31.9. The number of hydrogen-bond donors (Lipinski definition) is 1. The molecule has 0 spiro atoms. The molecule has 0 amide bonds. The van der Waals surface area contributed by atoms with Gasteiger partial charge in [0.05, 0.1) is 19.3 Å². The molecule has 9 heteroatoms. The molecule has 5 nitrogen and oxygen atoms in total. The molecular formula is C32H45F3N2O3Si. The Kier molecular flexibility index (Phi) is 8.71. The fourth-order valence-corrected chi connectivity index (χ4v) is 6.91. The molecule has 3 heterocycles. The van der Waals surface area contributed by atoms with Gasteiger partial charge in [-0.15, -0.1) is 0 Å². The lowest BCUT2D eigenvalue weighted by Gasteiger charge is -2.45. The zero-order valence-corrected chi connectivity index (χ0v) is 26.9. The third-order valence-corrected chi connectivity index (χ3v) is 13.3. The average molecular weight is 591 g/mol. The Morgan fingerprint density at radius 2 is 1.83 bits per heavy atom. The molecule has 0 radical (unpaired) electrons. The van der Waals surface area contributed by atoms with Gasteiger partial charge in [0.1, 0.15) is 11.8 Å². The molecule has 0 saturated carbocycles. The molecule has 226 valence electrons. The molecule has 2 atom stereocenters. The number of nitrogens with zero attached hydrogens (tertiary/aromatic N) is 2. The van der Waals surface area contributed by atoms with Crippen LogP contribution in [0.15, 0.2) is 24.4 Å². The van der Waals surface area contributed by atoms with Crippen LogP contribution >= 0.6 is 0 Å². The van der Waals surface area contributed by atoms with E-state index in [1.165, 1.54) is 6.07 Å². The highest BCUT2D eigenvalue weighted by atomic mass is 28.4. The van der Waals surface area contributed by atoms with Crippen molar-refractivity contribution in [3.05, 3.63) is 63.7 Å². The van der Waals surface area contributed by atoms with E-state index in [1.54, 1.807) is 0 Å². The number of pyridine rings is 2. The van der Waals surface area contributed by atoms with E-state index in [1.807, 2.05) is 13.8 Å². The highest BCUT2D eigenvalue weighted by molar-refractivity contribution is 6.74. The van der Waals surface area contributed by atoms with Crippen LogP contribution in [0.3, 0.4) is 0 Å². The smallest absolute Gasteiger partial charge is 0.410 e. The van der Waals surface area contributed by atoms with Gasteiger partial charge >= 0.3 is 6.18 Å². The summed E-state index contributed by atoms with van der Waals surface area (Å²) in [6.07, 6.45) is -0.549. The van der Waals surface area contributed by atoms with Crippen LogP contribution in [0.4, 0.5) is 13.2 Å². The van der Waals surface area contributed by atoms with Gasteiger partial charge < -0.3 is 14.3 Å². The molecule has 1 N–H and O–H groups in total. The molecule has 0 saturated heterocycles. The lowest BCUT2D eigenvalue weighted by molar-refractivity contribution is -0.141. The van der Waals surface area contributed by atoms with Gasteiger partial charge in [-0.25, -0.2) is 0 Å². The monoisotopic (exact) mass is 590 g/mol. The summed E-state index contributed by atoms with van der Waals surface area (Å²) in [6.45, 7) is 20.8. The quantitative estimate of drug-likeness (QED) is 0.342. The summed E-state index contributed by atoms with van der Waals surface area (Å²) in [4.78, 5) is 8.88. The second-order valence-electron chi connectivity index (χ2n) is 14.1. The summed E-state index contributed by atoms with van der Waals surface area (Å²) >= 11 is 0. The molecule has 1 unspecified atom stereocenters. The maximum absolute atomic E-state index is 13.3. The fourth-order valence-electron chi connectivity index (χ4n) is 5.65. The molecule has 1 aliphatic heterocycles. The van der Waals surface area contributed by atoms with Crippen LogP contribution in [0.2, 0.25) is 18.1 Å². The van der Waals surface area contributed by atoms with Crippen molar-refractivity contribution in [1.82, 2.24) is 9.97 Å². The average Bonchev–Trinajstić information content (AvgIpc) is 2.85. The van der Waals surface area contributed by atoms with Gasteiger partial charge in [0.2, 0.25) is 0 Å². The Morgan fingerprint density at radius 3 is 2.34 bits per heavy atom. The molecular weight excluding hydrogens is 545 g/mol. The molecule has 41 heavy (non-hydrogen) atoms. The maximum Gasteiger partial charge on any atom is 0.433 e. The number of aliphatic hydroxyl groups excluding tert-OH is 1. The maximum atomic E-state index is 13.3. The first-order valence-corrected chi connectivity index (χ1v) is 17.5. The van der Waals surface area contributed by atoms with Gasteiger partial charge in [-0.2, -0.15) is 13.2 Å². The van der Waals surface area contributed by atoms with Gasteiger partial charge in [0.25, 0.3) is 0 Å². The molecule has 2 aromatic heterocycles. The summed E-state index contributed by atoms with van der Waals surface area (Å²) in [7, 11) is -2.21. The van der Waals surface area contributed by atoms with E-state index in [0.717, 1.165) is 53.2 Å². The number of ether oxygens (including phenoxy) is 1. The zero-order valence-electron chi connectivity index (χ0n) is 25.9. The number of alkyl halides is 3. The Bertz CT molecular complexity index is 1300. The van der Waals surface area contributed by atoms with Crippen molar-refractivity contribution < 1.29 is 27.4 Å². The standard InChI is InChI=1S/C32H45F3N2O3Si/c1-19(2)28-27(29(38)21-10-11-24(36-18-21)32(33,34)35)25(20-12-14-39-15-13-20)26-22(37-28)16-31(6,7)17-23(26)40-41(8,9)30(3,4)5/h10-12,18-19,23,29,38H,13-17H2,1-9H3/t23-,29?/m0/s1. The summed E-state index contributed by atoms with van der Waals surface area (Å²) in [6, 6.07) is 2.25. The summed E-state index contributed by atoms with van der Waals surface area (Å²) in [5.74, 6) is -0.0312. The molecule has 2 aromatic rings. The second-order valence-corrected chi connectivity index (χ2v) is 18.9. The first-order valence-electron chi connectivity index (χ1n) is 14.5. The number of aliphatic hydroxyl groups is 1. The first-order chi connectivity index (χ1) is 18.8. The minimum absolute atomic E-state index is 0.00753. The van der Waals surface area contributed by atoms with E-state index in [0.29, 0.717) is 30.8 Å². The largest absolute Gasteiger partial charge is 0.433 e. The van der Waals surface area contributed by atoms with E-state index in [-0.39, 0.29) is 22.5 Å². The lowest BCUT2D eigenvalue weighted by atomic mass is 9.71. The number of aromatic nitrogens is 2. The van der Waals surface area contributed by atoms with Crippen LogP contribution in [0.5, 0.6) is 0 Å². The van der Waals surface area contributed by atoms with Crippen LogP contribution in [-0.2, 0) is 21.8 Å². The zero-order chi connectivity index (χ0) is 30.5. The van der Waals surface area contributed by atoms with Gasteiger partial charge in [-0.05, 0) is 65.9 Å². The van der Waals surface area contributed by atoms with Crippen molar-refractivity contribution in [2.75, 3.05) is 13.2 Å². The molecule has 0 fully saturated rings. The molecule has 1 aliphatic carbocycles. The number of halogens is 3. The Morgan fingerprint density at radius 1 is 1.15 bits per heavy atom. The van der Waals surface area contributed by atoms with E-state index < -0.39 is 26.3 Å². The molecule has 2 aliphatic rings. The highest BCUT2D eigenvalue weighted by Gasteiger charge is 2.45. The van der Waals surface area contributed by atoms with E-state index >= 15 is 0 Å². The van der Waals surface area contributed by atoms with Gasteiger partial charge in [0, 0.05) is 34.3 Å². The Hall–Kier alpha value is -2.07. The summed E-state index contributed by atoms with van der Waals surface area (Å²) in [5.41, 5.74) is 4.65. The minimum atomic E-state index is -4.56. The van der Waals surface area contributed by atoms with Gasteiger partial charge in [-0.3, -0.25) is 9.97 Å². The number of hydrogen-bond acceptors (Lipinski definition) is 5. The van der Waals surface area contributed by atoms with Crippen molar-refractivity contribution in [3.63, 3.8) is 0 Å².